The smallest absolute Gasteiger partial charge is 0.354 e. The third-order valence-electron chi connectivity index (χ3n) is 2.21. The highest BCUT2D eigenvalue weighted by Crippen LogP contribution is 2.32. The van der Waals surface area contributed by atoms with E-state index >= 15 is 0 Å². The average Bonchev–Trinajstić information content (AvgIpc) is 3.03. The molecule has 5 nitrogen and oxygen atoms in total. The molecule has 92 valence electrons. The summed E-state index contributed by atoms with van der Waals surface area (Å²) < 4.78 is 11.1. The third kappa shape index (κ3) is 3.09. The van der Waals surface area contributed by atoms with E-state index in [1.807, 2.05) is 13.8 Å². The van der Waals surface area contributed by atoms with Crippen LogP contribution in [-0.2, 0) is 0 Å². The number of carboxylic acids is 1. The van der Waals surface area contributed by atoms with Crippen LogP contribution in [-0.4, -0.2) is 28.3 Å². The summed E-state index contributed by atoms with van der Waals surface area (Å²) in [7, 11) is 0. The first kappa shape index (κ1) is 11.7. The van der Waals surface area contributed by atoms with Crippen LogP contribution >= 0.6 is 0 Å². The van der Waals surface area contributed by atoms with Crippen LogP contribution in [0.25, 0.3) is 0 Å². The molecule has 0 saturated heterocycles. The third-order valence-corrected chi connectivity index (χ3v) is 2.21. The molecule has 0 atom stereocenters. The maximum atomic E-state index is 10.8. The van der Waals surface area contributed by atoms with Crippen molar-refractivity contribution in [1.29, 1.82) is 0 Å². The summed E-state index contributed by atoms with van der Waals surface area (Å²) in [5, 5.41) is 8.87. The number of aromatic carboxylic acids is 1. The molecule has 1 aromatic heterocycles. The zero-order valence-corrected chi connectivity index (χ0v) is 9.84. The normalized spacial score (nSPS) is 14.8. The molecule has 1 fully saturated rings. The molecule has 0 aliphatic heterocycles. The van der Waals surface area contributed by atoms with E-state index in [1.54, 1.807) is 6.07 Å². The van der Waals surface area contributed by atoms with Crippen molar-refractivity contribution in [1.82, 2.24) is 4.98 Å². The Bertz CT molecular complexity index is 427. The van der Waals surface area contributed by atoms with Crippen LogP contribution in [0.1, 0.15) is 37.2 Å². The molecule has 1 N–H and O–H groups in total. The molecule has 0 amide bonds. The molecule has 5 heteroatoms. The Morgan fingerprint density at radius 3 is 2.71 bits per heavy atom. The van der Waals surface area contributed by atoms with Gasteiger partial charge in [-0.25, -0.2) is 9.78 Å². The van der Waals surface area contributed by atoms with E-state index in [2.05, 4.69) is 4.98 Å². The summed E-state index contributed by atoms with van der Waals surface area (Å²) in [6, 6.07) is 3.03. The van der Waals surface area contributed by atoms with Crippen LogP contribution in [0.15, 0.2) is 12.1 Å². The Morgan fingerprint density at radius 1 is 1.47 bits per heavy atom. The first-order valence-corrected chi connectivity index (χ1v) is 5.64. The number of hydrogen-bond acceptors (Lipinski definition) is 4. The molecular weight excluding hydrogens is 222 g/mol. The van der Waals surface area contributed by atoms with E-state index in [4.69, 9.17) is 14.6 Å². The Hall–Kier alpha value is -1.78. The van der Waals surface area contributed by atoms with Crippen LogP contribution in [0.3, 0.4) is 0 Å². The molecule has 1 aromatic rings. The molecule has 0 radical (unpaired) electrons. The van der Waals surface area contributed by atoms with Gasteiger partial charge in [0.2, 0.25) is 0 Å². The number of aromatic nitrogens is 1. The van der Waals surface area contributed by atoms with E-state index in [0.29, 0.717) is 5.75 Å². The summed E-state index contributed by atoms with van der Waals surface area (Å²) >= 11 is 0. The van der Waals surface area contributed by atoms with Crippen molar-refractivity contribution >= 4 is 5.97 Å². The molecule has 1 aliphatic carbocycles. The molecule has 0 spiro atoms. The number of pyridine rings is 1. The molecule has 17 heavy (non-hydrogen) atoms. The van der Waals surface area contributed by atoms with Gasteiger partial charge in [0, 0.05) is 0 Å². The lowest BCUT2D eigenvalue weighted by Gasteiger charge is -2.13. The summed E-state index contributed by atoms with van der Waals surface area (Å²) in [4.78, 5) is 14.8. The van der Waals surface area contributed by atoms with Crippen molar-refractivity contribution in [2.24, 2.45) is 0 Å². The number of rotatable bonds is 5. The second kappa shape index (κ2) is 4.61. The van der Waals surface area contributed by atoms with Crippen molar-refractivity contribution in [2.75, 3.05) is 0 Å². The quantitative estimate of drug-likeness (QED) is 0.849. The van der Waals surface area contributed by atoms with E-state index < -0.39 is 5.97 Å². The van der Waals surface area contributed by atoms with Crippen LogP contribution < -0.4 is 9.47 Å². The predicted octanol–water partition coefficient (Wildman–Crippen LogP) is 2.11. The maximum absolute atomic E-state index is 10.8. The molecule has 1 heterocycles. The van der Waals surface area contributed by atoms with Gasteiger partial charge in [-0.15, -0.1) is 0 Å². The van der Waals surface area contributed by atoms with E-state index in [1.165, 1.54) is 6.07 Å². The minimum Gasteiger partial charge on any atom is -0.485 e. The predicted molar refractivity (Wildman–Crippen MR) is 60.6 cm³/mol. The zero-order chi connectivity index (χ0) is 12.4. The van der Waals surface area contributed by atoms with Crippen molar-refractivity contribution in [3.63, 3.8) is 0 Å². The number of carboxylic acid groups (broad SMARTS) is 1. The highest BCUT2D eigenvalue weighted by Gasteiger charge is 2.26. The van der Waals surface area contributed by atoms with Crippen molar-refractivity contribution in [3.8, 4) is 11.6 Å². The van der Waals surface area contributed by atoms with Gasteiger partial charge in [0.25, 0.3) is 5.88 Å². The summed E-state index contributed by atoms with van der Waals surface area (Å²) in [6.45, 7) is 3.71. The maximum Gasteiger partial charge on any atom is 0.354 e. The Kier molecular flexibility index (Phi) is 3.17. The molecule has 0 bridgehead atoms. The van der Waals surface area contributed by atoms with Crippen molar-refractivity contribution in [2.45, 2.75) is 38.9 Å². The van der Waals surface area contributed by atoms with Crippen molar-refractivity contribution in [3.05, 3.63) is 17.8 Å². The fraction of sp³-hybridized carbons (Fsp3) is 0.500. The van der Waals surface area contributed by atoms with Gasteiger partial charge in [-0.05, 0) is 38.8 Å². The van der Waals surface area contributed by atoms with Gasteiger partial charge in [0.05, 0.1) is 12.2 Å². The zero-order valence-electron chi connectivity index (χ0n) is 9.84. The van der Waals surface area contributed by atoms with E-state index in [9.17, 15) is 4.79 Å². The first-order valence-electron chi connectivity index (χ1n) is 5.64. The monoisotopic (exact) mass is 237 g/mol. The Balaban J connectivity index is 2.25. The SMILES string of the molecule is CC(C)Oc1nc(C(=O)O)ccc1OC1CC1. The summed E-state index contributed by atoms with van der Waals surface area (Å²) in [5.74, 6) is -0.297. The molecular formula is C12H15NO4. The number of ether oxygens (including phenoxy) is 2. The number of nitrogens with zero attached hydrogens (tertiary/aromatic N) is 1. The van der Waals surface area contributed by atoms with E-state index in [-0.39, 0.29) is 23.8 Å². The van der Waals surface area contributed by atoms with E-state index in [0.717, 1.165) is 12.8 Å². The van der Waals surface area contributed by atoms with Gasteiger partial charge in [-0.2, -0.15) is 0 Å². The second-order valence-corrected chi connectivity index (χ2v) is 4.29. The molecule has 1 aliphatic rings. The van der Waals surface area contributed by atoms with Crippen molar-refractivity contribution < 1.29 is 19.4 Å². The number of hydrogen-bond donors (Lipinski definition) is 1. The highest BCUT2D eigenvalue weighted by atomic mass is 16.5. The average molecular weight is 237 g/mol. The van der Waals surface area contributed by atoms with Crippen LogP contribution in [0.5, 0.6) is 11.6 Å². The standard InChI is InChI=1S/C12H15NO4/c1-7(2)16-11-10(17-8-3-4-8)6-5-9(13-11)12(14)15/h5-8H,3-4H2,1-2H3,(H,14,15). The van der Waals surface area contributed by atoms with Crippen LogP contribution in [0, 0.1) is 0 Å². The topological polar surface area (TPSA) is 68.7 Å². The largest absolute Gasteiger partial charge is 0.485 e. The molecule has 2 rings (SSSR count). The number of carbonyl (C=O) groups is 1. The van der Waals surface area contributed by atoms with Gasteiger partial charge < -0.3 is 14.6 Å². The highest BCUT2D eigenvalue weighted by molar-refractivity contribution is 5.85. The molecule has 0 unspecified atom stereocenters. The first-order chi connectivity index (χ1) is 8.06. The van der Waals surface area contributed by atoms with Gasteiger partial charge in [-0.1, -0.05) is 0 Å². The van der Waals surface area contributed by atoms with Crippen LogP contribution in [0.2, 0.25) is 0 Å². The minimum absolute atomic E-state index is 0.0382. The van der Waals surface area contributed by atoms with Gasteiger partial charge in [0.1, 0.15) is 0 Å². The Labute approximate surface area is 99.4 Å². The fourth-order valence-electron chi connectivity index (χ4n) is 1.31. The molecule has 0 aromatic carbocycles. The molecule has 1 saturated carbocycles. The van der Waals surface area contributed by atoms with Gasteiger partial charge in [0.15, 0.2) is 11.4 Å². The fourth-order valence-corrected chi connectivity index (χ4v) is 1.31. The van der Waals surface area contributed by atoms with Gasteiger partial charge >= 0.3 is 5.97 Å². The van der Waals surface area contributed by atoms with Crippen LogP contribution in [0.4, 0.5) is 0 Å². The second-order valence-electron chi connectivity index (χ2n) is 4.29. The lowest BCUT2D eigenvalue weighted by molar-refractivity contribution is 0.0688. The summed E-state index contributed by atoms with van der Waals surface area (Å²) in [6.07, 6.45) is 2.21. The summed E-state index contributed by atoms with van der Waals surface area (Å²) in [5.41, 5.74) is -0.0382. The minimum atomic E-state index is -1.07. The Morgan fingerprint density at radius 2 is 2.18 bits per heavy atom. The van der Waals surface area contributed by atoms with Gasteiger partial charge in [-0.3, -0.25) is 0 Å². The lowest BCUT2D eigenvalue weighted by atomic mass is 10.3. The lowest BCUT2D eigenvalue weighted by Crippen LogP contribution is -2.11.